The van der Waals surface area contributed by atoms with Gasteiger partial charge in [0.2, 0.25) is 0 Å². The monoisotopic (exact) mass is 276 g/mol. The van der Waals surface area contributed by atoms with E-state index in [1.807, 2.05) is 0 Å². The van der Waals surface area contributed by atoms with Gasteiger partial charge in [0.05, 0.1) is 12.7 Å². The minimum atomic E-state index is 0.124. The number of morpholine rings is 1. The second-order valence-corrected chi connectivity index (χ2v) is 6.30. The minimum Gasteiger partial charge on any atom is -0.376 e. The summed E-state index contributed by atoms with van der Waals surface area (Å²) < 4.78 is 5.67. The lowest BCUT2D eigenvalue weighted by atomic mass is 9.99. The highest BCUT2D eigenvalue weighted by Crippen LogP contribution is 2.20. The molecule has 1 aliphatic heterocycles. The average Bonchev–Trinajstić information content (AvgIpc) is 2.38. The average molecular weight is 276 g/mol. The second-order valence-electron chi connectivity index (χ2n) is 6.30. The van der Waals surface area contributed by atoms with E-state index in [1.165, 1.54) is 16.7 Å². The Hall–Kier alpha value is -0.900. The van der Waals surface area contributed by atoms with Crippen molar-refractivity contribution >= 4 is 0 Å². The molecule has 0 aliphatic carbocycles. The first-order chi connectivity index (χ1) is 9.45. The number of nitrogens with two attached hydrogens (primary N) is 1. The lowest BCUT2D eigenvalue weighted by molar-refractivity contribution is -0.0499. The first-order valence-electron chi connectivity index (χ1n) is 7.65. The second kappa shape index (κ2) is 6.70. The van der Waals surface area contributed by atoms with Crippen LogP contribution in [-0.2, 0) is 4.74 Å². The van der Waals surface area contributed by atoms with Crippen molar-refractivity contribution in [1.29, 1.82) is 0 Å². The van der Waals surface area contributed by atoms with Crippen molar-refractivity contribution in [2.45, 2.75) is 52.3 Å². The van der Waals surface area contributed by atoms with E-state index in [1.54, 1.807) is 0 Å². The van der Waals surface area contributed by atoms with Crippen molar-refractivity contribution in [3.63, 3.8) is 0 Å². The predicted molar refractivity (Wildman–Crippen MR) is 83.9 cm³/mol. The van der Waals surface area contributed by atoms with Crippen LogP contribution in [0.5, 0.6) is 0 Å². The number of hydrogen-bond donors (Lipinski definition) is 1. The maximum absolute atomic E-state index is 6.37. The molecule has 1 aromatic carbocycles. The normalized spacial score (nSPS) is 25.6. The molecule has 1 saturated heterocycles. The smallest absolute Gasteiger partial charge is 0.0674 e. The van der Waals surface area contributed by atoms with Gasteiger partial charge in [-0.2, -0.15) is 0 Å². The molecule has 1 heterocycles. The van der Waals surface area contributed by atoms with Crippen molar-refractivity contribution in [2.75, 3.05) is 19.7 Å². The van der Waals surface area contributed by atoms with Crippen molar-refractivity contribution in [3.8, 4) is 0 Å². The van der Waals surface area contributed by atoms with Gasteiger partial charge in [-0.25, -0.2) is 0 Å². The highest BCUT2D eigenvalue weighted by atomic mass is 16.5. The van der Waals surface area contributed by atoms with E-state index in [-0.39, 0.29) is 6.04 Å². The molecule has 1 aliphatic rings. The van der Waals surface area contributed by atoms with Crippen molar-refractivity contribution in [3.05, 3.63) is 34.9 Å². The fourth-order valence-corrected chi connectivity index (χ4v) is 2.98. The lowest BCUT2D eigenvalue weighted by Crippen LogP contribution is -2.47. The summed E-state index contributed by atoms with van der Waals surface area (Å²) in [5.74, 6) is 0. The molecule has 3 atom stereocenters. The molecule has 0 spiro atoms. The molecule has 1 fully saturated rings. The van der Waals surface area contributed by atoms with E-state index in [4.69, 9.17) is 10.5 Å². The van der Waals surface area contributed by atoms with E-state index < -0.39 is 0 Å². The molecule has 0 amide bonds. The zero-order chi connectivity index (χ0) is 14.7. The summed E-state index contributed by atoms with van der Waals surface area (Å²) >= 11 is 0. The lowest BCUT2D eigenvalue weighted by Gasteiger charge is -2.37. The summed E-state index contributed by atoms with van der Waals surface area (Å²) in [6.45, 7) is 11.5. The van der Waals surface area contributed by atoms with Gasteiger partial charge in [-0.3, -0.25) is 4.90 Å². The minimum absolute atomic E-state index is 0.124. The Morgan fingerprint density at radius 2 is 1.90 bits per heavy atom. The maximum Gasteiger partial charge on any atom is 0.0674 e. The Morgan fingerprint density at radius 1 is 1.25 bits per heavy atom. The van der Waals surface area contributed by atoms with Gasteiger partial charge in [0.15, 0.2) is 0 Å². The topological polar surface area (TPSA) is 38.5 Å². The Bertz CT molecular complexity index is 426. The van der Waals surface area contributed by atoms with E-state index in [2.05, 4.69) is 50.8 Å². The van der Waals surface area contributed by atoms with Crippen LogP contribution in [-0.4, -0.2) is 36.7 Å². The molecular weight excluding hydrogens is 248 g/mol. The van der Waals surface area contributed by atoms with Gasteiger partial charge in [0, 0.05) is 25.2 Å². The standard InChI is InChI=1S/C17H28N2O/c1-12-7-13(2)9-16(8-12)17(18)5-6-19-10-15(4)20-11-14(19)3/h7-9,14-15,17H,5-6,10-11,18H2,1-4H3. The van der Waals surface area contributed by atoms with E-state index in [9.17, 15) is 0 Å². The number of nitrogens with zero attached hydrogens (tertiary/aromatic N) is 1. The Balaban J connectivity index is 1.92. The van der Waals surface area contributed by atoms with Gasteiger partial charge in [-0.05, 0) is 39.7 Å². The summed E-state index contributed by atoms with van der Waals surface area (Å²) in [5, 5.41) is 0. The molecule has 112 valence electrons. The zero-order valence-electron chi connectivity index (χ0n) is 13.2. The van der Waals surface area contributed by atoms with E-state index >= 15 is 0 Å². The third-order valence-electron chi connectivity index (χ3n) is 4.14. The van der Waals surface area contributed by atoms with Crippen LogP contribution in [0, 0.1) is 13.8 Å². The van der Waals surface area contributed by atoms with Gasteiger partial charge >= 0.3 is 0 Å². The fraction of sp³-hybridized carbons (Fsp3) is 0.647. The molecular formula is C17H28N2O. The number of aryl methyl sites for hydroxylation is 2. The van der Waals surface area contributed by atoms with E-state index in [0.29, 0.717) is 12.1 Å². The number of hydrogen-bond acceptors (Lipinski definition) is 3. The van der Waals surface area contributed by atoms with Gasteiger partial charge in [0.25, 0.3) is 0 Å². The summed E-state index contributed by atoms with van der Waals surface area (Å²) in [7, 11) is 0. The van der Waals surface area contributed by atoms with Crippen molar-refractivity contribution in [1.82, 2.24) is 4.90 Å². The number of rotatable bonds is 4. The molecule has 20 heavy (non-hydrogen) atoms. The number of benzene rings is 1. The van der Waals surface area contributed by atoms with Gasteiger partial charge in [0.1, 0.15) is 0 Å². The van der Waals surface area contributed by atoms with Crippen molar-refractivity contribution < 1.29 is 4.74 Å². The fourth-order valence-electron chi connectivity index (χ4n) is 2.98. The van der Waals surface area contributed by atoms with Crippen LogP contribution in [0.2, 0.25) is 0 Å². The van der Waals surface area contributed by atoms with Crippen LogP contribution in [0.4, 0.5) is 0 Å². The summed E-state index contributed by atoms with van der Waals surface area (Å²) in [5.41, 5.74) is 10.2. The third kappa shape index (κ3) is 4.05. The largest absolute Gasteiger partial charge is 0.376 e. The van der Waals surface area contributed by atoms with Crippen LogP contribution in [0.15, 0.2) is 18.2 Å². The molecule has 2 rings (SSSR count). The van der Waals surface area contributed by atoms with Crippen molar-refractivity contribution in [2.24, 2.45) is 5.73 Å². The summed E-state index contributed by atoms with van der Waals surface area (Å²) in [6, 6.07) is 7.24. The van der Waals surface area contributed by atoms with Crippen LogP contribution in [0.3, 0.4) is 0 Å². The first kappa shape index (κ1) is 15.5. The van der Waals surface area contributed by atoms with Crippen LogP contribution >= 0.6 is 0 Å². The molecule has 1 aromatic rings. The number of ether oxygens (including phenoxy) is 1. The maximum atomic E-state index is 6.37. The molecule has 3 unspecified atom stereocenters. The molecule has 0 bridgehead atoms. The molecule has 3 nitrogen and oxygen atoms in total. The van der Waals surface area contributed by atoms with E-state index in [0.717, 1.165) is 26.1 Å². The molecule has 0 saturated carbocycles. The Labute approximate surface area is 123 Å². The highest BCUT2D eigenvalue weighted by Gasteiger charge is 2.23. The quantitative estimate of drug-likeness (QED) is 0.919. The van der Waals surface area contributed by atoms with Gasteiger partial charge in [-0.1, -0.05) is 29.3 Å². The SMILES string of the molecule is Cc1cc(C)cc(C(N)CCN2CC(C)OCC2C)c1. The van der Waals surface area contributed by atoms with Crippen LogP contribution < -0.4 is 5.73 Å². The summed E-state index contributed by atoms with van der Waals surface area (Å²) in [6.07, 6.45) is 1.34. The Kier molecular flexibility index (Phi) is 5.19. The summed E-state index contributed by atoms with van der Waals surface area (Å²) in [4.78, 5) is 2.50. The highest BCUT2D eigenvalue weighted by molar-refractivity contribution is 5.30. The molecule has 0 aromatic heterocycles. The molecule has 2 N–H and O–H groups in total. The predicted octanol–water partition coefficient (Wildman–Crippen LogP) is 2.80. The first-order valence-corrected chi connectivity index (χ1v) is 7.65. The Morgan fingerprint density at radius 3 is 2.55 bits per heavy atom. The third-order valence-corrected chi connectivity index (χ3v) is 4.14. The van der Waals surface area contributed by atoms with Gasteiger partial charge < -0.3 is 10.5 Å². The molecule has 0 radical (unpaired) electrons. The van der Waals surface area contributed by atoms with Gasteiger partial charge in [-0.15, -0.1) is 0 Å². The molecule has 3 heteroatoms. The van der Waals surface area contributed by atoms with Crippen LogP contribution in [0.25, 0.3) is 0 Å². The zero-order valence-corrected chi connectivity index (χ0v) is 13.2. The van der Waals surface area contributed by atoms with Crippen LogP contribution in [0.1, 0.15) is 43.0 Å².